The van der Waals surface area contributed by atoms with Gasteiger partial charge in [0, 0.05) is 5.69 Å². The van der Waals surface area contributed by atoms with Gasteiger partial charge in [0.15, 0.2) is 11.5 Å². The predicted molar refractivity (Wildman–Crippen MR) is 131 cm³/mol. The Morgan fingerprint density at radius 1 is 0.861 bits per heavy atom. The van der Waals surface area contributed by atoms with E-state index in [4.69, 9.17) is 14.2 Å². The van der Waals surface area contributed by atoms with Crippen molar-refractivity contribution in [1.82, 2.24) is 5.43 Å². The minimum Gasteiger partial charge on any atom is -0.494 e. The Labute approximate surface area is 206 Å². The standard InChI is InChI=1S/C26H24FN3O6/c1-3-34-21-12-6-18(7-13-21)26(33)36-22-14-5-17(15-23(22)35-4-2)16-28-30-25(32)24(31)29-20-10-8-19(27)9-11-20/h5-16H,3-4H2,1-2H3,(H,29,31)(H,30,32). The minimum atomic E-state index is -1.01. The molecule has 3 rings (SSSR count). The Hall–Kier alpha value is -4.73. The molecule has 10 heteroatoms. The maximum absolute atomic E-state index is 12.9. The maximum atomic E-state index is 12.9. The van der Waals surface area contributed by atoms with Crippen LogP contribution in [0.25, 0.3) is 0 Å². The van der Waals surface area contributed by atoms with Crippen LogP contribution < -0.4 is 25.0 Å². The third-order valence-electron chi connectivity index (χ3n) is 4.56. The molecule has 9 nitrogen and oxygen atoms in total. The summed E-state index contributed by atoms with van der Waals surface area (Å²) in [7, 11) is 0. The molecule has 0 saturated heterocycles. The summed E-state index contributed by atoms with van der Waals surface area (Å²) in [6, 6.07) is 16.2. The molecule has 0 bridgehead atoms. The lowest BCUT2D eigenvalue weighted by atomic mass is 10.2. The van der Waals surface area contributed by atoms with E-state index in [0.29, 0.717) is 35.8 Å². The number of anilines is 1. The number of ether oxygens (including phenoxy) is 3. The number of esters is 1. The molecular formula is C26H24FN3O6. The second kappa shape index (κ2) is 12.7. The van der Waals surface area contributed by atoms with E-state index in [0.717, 1.165) is 12.1 Å². The van der Waals surface area contributed by atoms with Crippen molar-refractivity contribution >= 4 is 29.7 Å². The van der Waals surface area contributed by atoms with Gasteiger partial charge in [-0.15, -0.1) is 0 Å². The van der Waals surface area contributed by atoms with Crippen molar-refractivity contribution in [3.63, 3.8) is 0 Å². The zero-order chi connectivity index (χ0) is 25.9. The van der Waals surface area contributed by atoms with Gasteiger partial charge in [-0.25, -0.2) is 14.6 Å². The van der Waals surface area contributed by atoms with E-state index >= 15 is 0 Å². The molecule has 0 aromatic heterocycles. The van der Waals surface area contributed by atoms with E-state index < -0.39 is 23.6 Å². The molecule has 3 aromatic carbocycles. The van der Waals surface area contributed by atoms with E-state index in [9.17, 15) is 18.8 Å². The van der Waals surface area contributed by atoms with E-state index in [1.165, 1.54) is 24.4 Å². The van der Waals surface area contributed by atoms with Crippen LogP contribution >= 0.6 is 0 Å². The van der Waals surface area contributed by atoms with Crippen molar-refractivity contribution < 1.29 is 33.0 Å². The first-order valence-electron chi connectivity index (χ1n) is 11.0. The Kier molecular flexibility index (Phi) is 9.10. The summed E-state index contributed by atoms with van der Waals surface area (Å²) < 4.78 is 29.4. The second-order valence-corrected chi connectivity index (χ2v) is 7.15. The van der Waals surface area contributed by atoms with Gasteiger partial charge in [-0.05, 0) is 86.1 Å². The molecule has 0 saturated carbocycles. The van der Waals surface area contributed by atoms with Crippen LogP contribution in [-0.4, -0.2) is 37.2 Å². The fourth-order valence-corrected chi connectivity index (χ4v) is 2.91. The van der Waals surface area contributed by atoms with Crippen LogP contribution in [0, 0.1) is 5.82 Å². The lowest BCUT2D eigenvalue weighted by molar-refractivity contribution is -0.136. The van der Waals surface area contributed by atoms with Crippen molar-refractivity contribution in [2.45, 2.75) is 13.8 Å². The smallest absolute Gasteiger partial charge is 0.343 e. The fraction of sp³-hybridized carbons (Fsp3) is 0.154. The fourth-order valence-electron chi connectivity index (χ4n) is 2.91. The van der Waals surface area contributed by atoms with E-state index in [1.54, 1.807) is 43.3 Å². The Bertz CT molecular complexity index is 1240. The molecule has 0 aliphatic rings. The molecule has 0 aliphatic carbocycles. The minimum absolute atomic E-state index is 0.204. The normalized spacial score (nSPS) is 10.5. The topological polar surface area (TPSA) is 115 Å². The molecule has 0 atom stereocenters. The van der Waals surface area contributed by atoms with Gasteiger partial charge in [-0.1, -0.05) is 0 Å². The van der Waals surface area contributed by atoms with Crippen LogP contribution in [0.1, 0.15) is 29.8 Å². The monoisotopic (exact) mass is 493 g/mol. The number of hydrazone groups is 1. The SMILES string of the molecule is CCOc1ccc(C(=O)Oc2ccc(C=NNC(=O)C(=O)Nc3ccc(F)cc3)cc2OCC)cc1. The van der Waals surface area contributed by atoms with Crippen molar-refractivity contribution in [2.24, 2.45) is 5.10 Å². The van der Waals surface area contributed by atoms with Crippen LogP contribution in [0.3, 0.4) is 0 Å². The third kappa shape index (κ3) is 7.39. The summed E-state index contributed by atoms with van der Waals surface area (Å²) in [4.78, 5) is 36.4. The summed E-state index contributed by atoms with van der Waals surface area (Å²) in [6.45, 7) is 4.48. The Morgan fingerprint density at radius 3 is 2.22 bits per heavy atom. The average molecular weight is 493 g/mol. The molecule has 186 valence electrons. The molecule has 2 amide bonds. The van der Waals surface area contributed by atoms with Crippen molar-refractivity contribution in [2.75, 3.05) is 18.5 Å². The number of carbonyl (C=O) groups is 3. The molecule has 36 heavy (non-hydrogen) atoms. The third-order valence-corrected chi connectivity index (χ3v) is 4.56. The summed E-state index contributed by atoms with van der Waals surface area (Å²) in [6.07, 6.45) is 1.30. The zero-order valence-corrected chi connectivity index (χ0v) is 19.6. The molecule has 0 fully saturated rings. The van der Waals surface area contributed by atoms with Gasteiger partial charge in [0.25, 0.3) is 0 Å². The number of amides is 2. The van der Waals surface area contributed by atoms with Crippen molar-refractivity contribution in [3.05, 3.63) is 83.7 Å². The highest BCUT2D eigenvalue weighted by atomic mass is 19.1. The van der Waals surface area contributed by atoms with Gasteiger partial charge >= 0.3 is 17.8 Å². The lowest BCUT2D eigenvalue weighted by Crippen LogP contribution is -2.32. The second-order valence-electron chi connectivity index (χ2n) is 7.15. The summed E-state index contributed by atoms with van der Waals surface area (Å²) in [5.41, 5.74) is 3.22. The number of nitrogens with one attached hydrogen (secondary N) is 2. The highest BCUT2D eigenvalue weighted by Gasteiger charge is 2.15. The molecule has 0 aliphatic heterocycles. The van der Waals surface area contributed by atoms with Crippen LogP contribution in [-0.2, 0) is 9.59 Å². The zero-order valence-electron chi connectivity index (χ0n) is 19.6. The van der Waals surface area contributed by atoms with Gasteiger partial charge in [0.1, 0.15) is 11.6 Å². The van der Waals surface area contributed by atoms with Crippen LogP contribution in [0.4, 0.5) is 10.1 Å². The molecule has 0 unspecified atom stereocenters. The predicted octanol–water partition coefficient (Wildman–Crippen LogP) is 3.93. The molecule has 0 spiro atoms. The molecular weight excluding hydrogens is 469 g/mol. The number of carbonyl (C=O) groups excluding carboxylic acids is 3. The highest BCUT2D eigenvalue weighted by molar-refractivity contribution is 6.39. The van der Waals surface area contributed by atoms with Crippen molar-refractivity contribution in [3.8, 4) is 17.2 Å². The first kappa shape index (κ1) is 25.9. The number of hydrogen-bond acceptors (Lipinski definition) is 7. The van der Waals surface area contributed by atoms with Gasteiger partial charge in [0.05, 0.1) is 25.0 Å². The average Bonchev–Trinajstić information content (AvgIpc) is 2.87. The summed E-state index contributed by atoms with van der Waals surface area (Å²) >= 11 is 0. The van der Waals surface area contributed by atoms with Crippen LogP contribution in [0.5, 0.6) is 17.2 Å². The highest BCUT2D eigenvalue weighted by Crippen LogP contribution is 2.29. The summed E-state index contributed by atoms with van der Waals surface area (Å²) in [5, 5.41) is 6.09. The first-order valence-corrected chi connectivity index (χ1v) is 11.0. The molecule has 0 radical (unpaired) electrons. The summed E-state index contributed by atoms with van der Waals surface area (Å²) in [5.74, 6) is -1.87. The first-order chi connectivity index (χ1) is 17.4. The molecule has 0 heterocycles. The van der Waals surface area contributed by atoms with Gasteiger partial charge in [-0.2, -0.15) is 5.10 Å². The Morgan fingerprint density at radius 2 is 1.56 bits per heavy atom. The van der Waals surface area contributed by atoms with Crippen molar-refractivity contribution in [1.29, 1.82) is 0 Å². The number of benzene rings is 3. The van der Waals surface area contributed by atoms with E-state index in [2.05, 4.69) is 15.8 Å². The number of rotatable bonds is 9. The van der Waals surface area contributed by atoms with Crippen LogP contribution in [0.2, 0.25) is 0 Å². The molecule has 3 aromatic rings. The quantitative estimate of drug-likeness (QED) is 0.153. The number of nitrogens with zero attached hydrogens (tertiary/aromatic N) is 1. The van der Waals surface area contributed by atoms with Gasteiger partial charge in [-0.3, -0.25) is 9.59 Å². The van der Waals surface area contributed by atoms with Gasteiger partial charge in [0.2, 0.25) is 0 Å². The maximum Gasteiger partial charge on any atom is 0.343 e. The number of hydrogen-bond donors (Lipinski definition) is 2. The molecule has 2 N–H and O–H groups in total. The lowest BCUT2D eigenvalue weighted by Gasteiger charge is -2.11. The van der Waals surface area contributed by atoms with E-state index in [-0.39, 0.29) is 11.4 Å². The Balaban J connectivity index is 1.62. The van der Waals surface area contributed by atoms with Gasteiger partial charge < -0.3 is 19.5 Å². The van der Waals surface area contributed by atoms with E-state index in [1.807, 2.05) is 6.92 Å². The largest absolute Gasteiger partial charge is 0.494 e. The number of halogens is 1. The van der Waals surface area contributed by atoms with Crippen LogP contribution in [0.15, 0.2) is 71.8 Å².